The Hall–Kier alpha value is -2.71. The van der Waals surface area contributed by atoms with Gasteiger partial charge in [-0.15, -0.1) is 0 Å². The van der Waals surface area contributed by atoms with Gasteiger partial charge in [0.05, 0.1) is 17.2 Å². The fourth-order valence-corrected chi connectivity index (χ4v) is 1.96. The topological polar surface area (TPSA) is 102 Å². The quantitative estimate of drug-likeness (QED) is 0.670. The Labute approximate surface area is 126 Å². The number of hydrogen-bond acceptors (Lipinski definition) is 5. The Balaban J connectivity index is 2.09. The van der Waals surface area contributed by atoms with Crippen molar-refractivity contribution in [2.24, 2.45) is 0 Å². The molecule has 0 aromatic heterocycles. The third-order valence-electron chi connectivity index (χ3n) is 2.84. The van der Waals surface area contributed by atoms with Gasteiger partial charge in [-0.25, -0.2) is 4.79 Å². The summed E-state index contributed by atoms with van der Waals surface area (Å²) in [7, 11) is 0. The summed E-state index contributed by atoms with van der Waals surface area (Å²) >= 11 is 6.01. The van der Waals surface area contributed by atoms with Crippen LogP contribution in [0.25, 0.3) is 0 Å². The lowest BCUT2D eigenvalue weighted by atomic mass is 10.1. The highest BCUT2D eigenvalue weighted by atomic mass is 35.5. The Morgan fingerprint density at radius 2 is 2.00 bits per heavy atom. The maximum atomic E-state index is 11.9. The van der Waals surface area contributed by atoms with Gasteiger partial charge in [-0.05, 0) is 30.3 Å². The minimum absolute atomic E-state index is 0.00675. The third kappa shape index (κ3) is 3.44. The van der Waals surface area contributed by atoms with Gasteiger partial charge in [-0.1, -0.05) is 17.7 Å². The minimum Gasteiger partial charge on any atom is -0.457 e. The average Bonchev–Trinajstić information content (AvgIpc) is 2.45. The molecule has 0 bridgehead atoms. The SMILES string of the molecule is N#Cc1ccc(COC(=O)c2ccc(N)cc2N)c(Cl)c1. The molecule has 0 atom stereocenters. The number of nitriles is 1. The maximum Gasteiger partial charge on any atom is 0.340 e. The average molecular weight is 302 g/mol. The van der Waals surface area contributed by atoms with E-state index >= 15 is 0 Å². The molecule has 2 rings (SSSR count). The predicted molar refractivity (Wildman–Crippen MR) is 80.6 cm³/mol. The van der Waals surface area contributed by atoms with Gasteiger partial charge in [-0.2, -0.15) is 5.26 Å². The lowest BCUT2D eigenvalue weighted by molar-refractivity contribution is 0.0474. The lowest BCUT2D eigenvalue weighted by Gasteiger charge is -2.09. The zero-order valence-corrected chi connectivity index (χ0v) is 11.7. The van der Waals surface area contributed by atoms with E-state index in [1.165, 1.54) is 18.2 Å². The summed E-state index contributed by atoms with van der Waals surface area (Å²) in [6, 6.07) is 11.3. The van der Waals surface area contributed by atoms with E-state index in [0.717, 1.165) is 0 Å². The molecule has 2 aromatic carbocycles. The largest absolute Gasteiger partial charge is 0.457 e. The molecule has 0 heterocycles. The highest BCUT2D eigenvalue weighted by Gasteiger charge is 2.12. The molecule has 4 N–H and O–H groups in total. The first kappa shape index (κ1) is 14.7. The van der Waals surface area contributed by atoms with Crippen LogP contribution >= 0.6 is 11.6 Å². The van der Waals surface area contributed by atoms with Crippen LogP contribution in [-0.2, 0) is 11.3 Å². The Bertz CT molecular complexity index is 738. The van der Waals surface area contributed by atoms with Crippen LogP contribution in [0.15, 0.2) is 36.4 Å². The standard InChI is InChI=1S/C15H12ClN3O2/c16-13-5-9(7-17)1-2-10(13)8-21-15(20)12-4-3-11(18)6-14(12)19/h1-6H,8,18-19H2. The zero-order valence-electron chi connectivity index (χ0n) is 11.0. The van der Waals surface area contributed by atoms with Crippen molar-refractivity contribution in [1.29, 1.82) is 5.26 Å². The number of nitrogen functional groups attached to an aromatic ring is 2. The number of ether oxygens (including phenoxy) is 1. The van der Waals surface area contributed by atoms with E-state index < -0.39 is 5.97 Å². The van der Waals surface area contributed by atoms with Crippen LogP contribution < -0.4 is 11.5 Å². The normalized spacial score (nSPS) is 9.90. The van der Waals surface area contributed by atoms with Crippen LogP contribution in [0.3, 0.4) is 0 Å². The number of esters is 1. The molecule has 0 radical (unpaired) electrons. The van der Waals surface area contributed by atoms with Gasteiger partial charge in [-0.3, -0.25) is 0 Å². The number of nitrogens with zero attached hydrogens (tertiary/aromatic N) is 1. The van der Waals surface area contributed by atoms with Crippen LogP contribution in [0.2, 0.25) is 5.02 Å². The van der Waals surface area contributed by atoms with E-state index in [4.69, 9.17) is 33.1 Å². The fraction of sp³-hybridized carbons (Fsp3) is 0.0667. The van der Waals surface area contributed by atoms with Crippen molar-refractivity contribution < 1.29 is 9.53 Å². The van der Waals surface area contributed by atoms with Crippen LogP contribution in [0, 0.1) is 11.3 Å². The number of halogens is 1. The second-order valence-electron chi connectivity index (χ2n) is 4.34. The zero-order chi connectivity index (χ0) is 15.4. The Kier molecular flexibility index (Phi) is 4.31. The maximum absolute atomic E-state index is 11.9. The number of carbonyl (C=O) groups excluding carboxylic acids is 1. The molecular weight excluding hydrogens is 290 g/mol. The second-order valence-corrected chi connectivity index (χ2v) is 4.75. The van der Waals surface area contributed by atoms with Crippen LogP contribution in [0.1, 0.15) is 21.5 Å². The smallest absolute Gasteiger partial charge is 0.340 e. The molecule has 106 valence electrons. The summed E-state index contributed by atoms with van der Waals surface area (Å²) in [4.78, 5) is 11.9. The van der Waals surface area contributed by atoms with Gasteiger partial charge >= 0.3 is 5.97 Å². The molecule has 6 heteroatoms. The molecule has 0 spiro atoms. The number of nitrogens with two attached hydrogens (primary N) is 2. The van der Waals surface area contributed by atoms with E-state index in [1.807, 2.05) is 6.07 Å². The summed E-state index contributed by atoms with van der Waals surface area (Å²) < 4.78 is 5.16. The van der Waals surface area contributed by atoms with Gasteiger partial charge in [0.15, 0.2) is 0 Å². The molecule has 0 aliphatic rings. The van der Waals surface area contributed by atoms with Crippen molar-refractivity contribution in [1.82, 2.24) is 0 Å². The van der Waals surface area contributed by atoms with E-state index in [9.17, 15) is 4.79 Å². The fourth-order valence-electron chi connectivity index (χ4n) is 1.72. The van der Waals surface area contributed by atoms with Gasteiger partial charge in [0.25, 0.3) is 0 Å². The third-order valence-corrected chi connectivity index (χ3v) is 3.19. The molecule has 0 unspecified atom stereocenters. The Morgan fingerprint density at radius 3 is 2.62 bits per heavy atom. The predicted octanol–water partition coefficient (Wildman–Crippen LogP) is 2.73. The van der Waals surface area contributed by atoms with E-state index in [2.05, 4.69) is 0 Å². The molecule has 5 nitrogen and oxygen atoms in total. The number of rotatable bonds is 3. The van der Waals surface area contributed by atoms with Crippen molar-refractivity contribution in [3.8, 4) is 6.07 Å². The molecule has 0 saturated carbocycles. The monoisotopic (exact) mass is 301 g/mol. The van der Waals surface area contributed by atoms with Crippen molar-refractivity contribution >= 4 is 28.9 Å². The number of benzene rings is 2. The summed E-state index contributed by atoms with van der Waals surface area (Å²) in [6.45, 7) is -0.00675. The van der Waals surface area contributed by atoms with Crippen molar-refractivity contribution in [2.45, 2.75) is 6.61 Å². The van der Waals surface area contributed by atoms with Gasteiger partial charge in [0.1, 0.15) is 6.61 Å². The minimum atomic E-state index is -0.562. The van der Waals surface area contributed by atoms with Crippen LogP contribution in [0.5, 0.6) is 0 Å². The van der Waals surface area contributed by atoms with Crippen molar-refractivity contribution in [2.75, 3.05) is 11.5 Å². The highest BCUT2D eigenvalue weighted by molar-refractivity contribution is 6.31. The van der Waals surface area contributed by atoms with Crippen LogP contribution in [-0.4, -0.2) is 5.97 Å². The molecule has 0 aliphatic carbocycles. The van der Waals surface area contributed by atoms with Crippen LogP contribution in [0.4, 0.5) is 11.4 Å². The molecule has 0 aliphatic heterocycles. The molecule has 0 amide bonds. The van der Waals surface area contributed by atoms with Gasteiger partial charge in [0, 0.05) is 22.0 Å². The number of anilines is 2. The van der Waals surface area contributed by atoms with E-state index in [-0.39, 0.29) is 17.9 Å². The first-order chi connectivity index (χ1) is 10.0. The number of hydrogen-bond donors (Lipinski definition) is 2. The van der Waals surface area contributed by atoms with Gasteiger partial charge in [0.2, 0.25) is 0 Å². The number of carbonyl (C=O) groups is 1. The van der Waals surface area contributed by atoms with Crippen molar-refractivity contribution in [3.63, 3.8) is 0 Å². The first-order valence-corrected chi connectivity index (χ1v) is 6.39. The summed E-state index contributed by atoms with van der Waals surface area (Å²) in [6.07, 6.45) is 0. The van der Waals surface area contributed by atoms with Gasteiger partial charge < -0.3 is 16.2 Å². The molecule has 0 saturated heterocycles. The lowest BCUT2D eigenvalue weighted by Crippen LogP contribution is -2.09. The highest BCUT2D eigenvalue weighted by Crippen LogP contribution is 2.21. The summed E-state index contributed by atoms with van der Waals surface area (Å²) in [5.74, 6) is -0.562. The second kappa shape index (κ2) is 6.16. The molecule has 21 heavy (non-hydrogen) atoms. The summed E-state index contributed by atoms with van der Waals surface area (Å²) in [5, 5.41) is 9.12. The van der Waals surface area contributed by atoms with E-state index in [0.29, 0.717) is 21.8 Å². The van der Waals surface area contributed by atoms with E-state index in [1.54, 1.807) is 18.2 Å². The molecule has 2 aromatic rings. The summed E-state index contributed by atoms with van der Waals surface area (Å²) in [5.41, 5.74) is 13.3. The van der Waals surface area contributed by atoms with Crippen molar-refractivity contribution in [3.05, 3.63) is 58.1 Å². The molecular formula is C15H12ClN3O2. The Morgan fingerprint density at radius 1 is 1.24 bits per heavy atom. The first-order valence-electron chi connectivity index (χ1n) is 6.02. The molecule has 0 fully saturated rings.